The molecule has 8 heteroatoms. The number of para-hydroxylation sites is 2. The molecule has 0 radical (unpaired) electrons. The van der Waals surface area contributed by atoms with Crippen molar-refractivity contribution in [1.82, 2.24) is 24.4 Å². The molecule has 0 aliphatic heterocycles. The number of carbonyl (C=O) groups excluding carboxylic acids is 1. The standard InChI is InChI=1S/C30H32ClN5O2/c1-19-25(15-22(31)16-32-19)29(37)34-23-11-9-20(10-12-23)18-35-27-7-2-3-8-28(27)36(30(35)38)24-13-14-26(33-17-24)21-5-4-6-21/h2-3,7-8,13-17,20-21,23H,4-6,9-12,18H2,1H3,(H,34,37). The zero-order chi connectivity index (χ0) is 26.2. The lowest BCUT2D eigenvalue weighted by atomic mass is 9.83. The SMILES string of the molecule is Cc1ncc(Cl)cc1C(=O)NC1CCC(Cn2c(=O)n(-c3ccc(C4CCC4)nc3)c3ccccc32)CC1. The van der Waals surface area contributed by atoms with Gasteiger partial charge in [0.15, 0.2) is 0 Å². The molecule has 3 heterocycles. The molecule has 0 bridgehead atoms. The van der Waals surface area contributed by atoms with Crippen molar-refractivity contribution in [3.63, 3.8) is 0 Å². The van der Waals surface area contributed by atoms with E-state index in [2.05, 4.69) is 16.4 Å². The Morgan fingerprint density at radius 2 is 1.76 bits per heavy atom. The first-order chi connectivity index (χ1) is 18.5. The van der Waals surface area contributed by atoms with Crippen LogP contribution >= 0.6 is 11.6 Å². The summed E-state index contributed by atoms with van der Waals surface area (Å²) in [5.74, 6) is 0.805. The molecule has 2 aliphatic carbocycles. The number of imidazole rings is 1. The average Bonchev–Trinajstić information content (AvgIpc) is 3.17. The summed E-state index contributed by atoms with van der Waals surface area (Å²) in [6, 6.07) is 13.9. The number of pyridine rings is 2. The summed E-state index contributed by atoms with van der Waals surface area (Å²) < 4.78 is 3.71. The first-order valence-corrected chi connectivity index (χ1v) is 14.0. The van der Waals surface area contributed by atoms with E-state index in [-0.39, 0.29) is 17.6 Å². The average molecular weight is 530 g/mol. The van der Waals surface area contributed by atoms with Crippen molar-refractivity contribution < 1.29 is 4.79 Å². The van der Waals surface area contributed by atoms with Gasteiger partial charge < -0.3 is 5.32 Å². The van der Waals surface area contributed by atoms with Crippen molar-refractivity contribution in [2.75, 3.05) is 0 Å². The first-order valence-electron chi connectivity index (χ1n) is 13.6. The van der Waals surface area contributed by atoms with Gasteiger partial charge in [-0.05, 0) is 81.7 Å². The van der Waals surface area contributed by atoms with E-state index in [4.69, 9.17) is 16.6 Å². The number of amides is 1. The van der Waals surface area contributed by atoms with Gasteiger partial charge in [-0.25, -0.2) is 4.79 Å². The largest absolute Gasteiger partial charge is 0.349 e. The summed E-state index contributed by atoms with van der Waals surface area (Å²) in [5.41, 5.74) is 4.96. The fraction of sp³-hybridized carbons (Fsp3) is 0.400. The van der Waals surface area contributed by atoms with Gasteiger partial charge >= 0.3 is 5.69 Å². The predicted molar refractivity (Wildman–Crippen MR) is 149 cm³/mol. The maximum Gasteiger partial charge on any atom is 0.333 e. The number of nitrogens with zero attached hydrogens (tertiary/aromatic N) is 4. The number of rotatable bonds is 6. The maximum atomic E-state index is 13.7. The highest BCUT2D eigenvalue weighted by atomic mass is 35.5. The molecular formula is C30H32ClN5O2. The quantitative estimate of drug-likeness (QED) is 0.342. The Morgan fingerprint density at radius 3 is 2.45 bits per heavy atom. The van der Waals surface area contributed by atoms with E-state index in [1.54, 1.807) is 16.8 Å². The first kappa shape index (κ1) is 24.9. The van der Waals surface area contributed by atoms with Crippen LogP contribution in [0.4, 0.5) is 0 Å². The van der Waals surface area contributed by atoms with Crippen molar-refractivity contribution in [3.05, 3.63) is 87.3 Å². The molecule has 38 heavy (non-hydrogen) atoms. The highest BCUT2D eigenvalue weighted by molar-refractivity contribution is 6.30. The Bertz CT molecular complexity index is 1530. The summed E-state index contributed by atoms with van der Waals surface area (Å²) >= 11 is 6.05. The van der Waals surface area contributed by atoms with Gasteiger partial charge in [-0.3, -0.25) is 23.9 Å². The van der Waals surface area contributed by atoms with Gasteiger partial charge in [-0.2, -0.15) is 0 Å². The summed E-state index contributed by atoms with van der Waals surface area (Å²) in [4.78, 5) is 35.4. The van der Waals surface area contributed by atoms with Crippen LogP contribution in [0.15, 0.2) is 59.7 Å². The number of carbonyl (C=O) groups is 1. The molecule has 1 aromatic carbocycles. The molecule has 1 N–H and O–H groups in total. The molecule has 4 aromatic rings. The van der Waals surface area contributed by atoms with Crippen molar-refractivity contribution in [2.24, 2.45) is 5.92 Å². The molecule has 2 saturated carbocycles. The summed E-state index contributed by atoms with van der Waals surface area (Å²) in [6.45, 7) is 2.48. The second-order valence-corrected chi connectivity index (χ2v) is 11.2. The molecule has 2 fully saturated rings. The molecule has 0 atom stereocenters. The van der Waals surface area contributed by atoms with E-state index in [9.17, 15) is 9.59 Å². The Balaban J connectivity index is 1.16. The second kappa shape index (κ2) is 10.4. The number of hydrogen-bond acceptors (Lipinski definition) is 4. The van der Waals surface area contributed by atoms with Crippen LogP contribution < -0.4 is 11.0 Å². The van der Waals surface area contributed by atoms with Gasteiger partial charge in [0.2, 0.25) is 0 Å². The molecule has 0 spiro atoms. The number of aryl methyl sites for hydroxylation is 1. The number of nitrogens with one attached hydrogen (secondary N) is 1. The fourth-order valence-electron chi connectivity index (χ4n) is 5.86. The third-order valence-electron chi connectivity index (χ3n) is 8.31. The monoisotopic (exact) mass is 529 g/mol. The van der Waals surface area contributed by atoms with E-state index < -0.39 is 0 Å². The van der Waals surface area contributed by atoms with Crippen LogP contribution in [0.1, 0.15) is 72.6 Å². The van der Waals surface area contributed by atoms with E-state index >= 15 is 0 Å². The Labute approximate surface area is 226 Å². The minimum absolute atomic E-state index is 0.0243. The van der Waals surface area contributed by atoms with E-state index in [0.29, 0.717) is 34.7 Å². The Kier molecular flexibility index (Phi) is 6.78. The van der Waals surface area contributed by atoms with Crippen LogP contribution in [0.2, 0.25) is 5.02 Å². The molecule has 0 saturated heterocycles. The van der Waals surface area contributed by atoms with Crippen molar-refractivity contribution >= 4 is 28.5 Å². The molecule has 1 amide bonds. The topological polar surface area (TPSA) is 81.8 Å². The lowest BCUT2D eigenvalue weighted by molar-refractivity contribution is 0.0919. The highest BCUT2D eigenvalue weighted by Crippen LogP contribution is 2.35. The lowest BCUT2D eigenvalue weighted by Crippen LogP contribution is -2.39. The van der Waals surface area contributed by atoms with Gasteiger partial charge in [0.05, 0.1) is 39.2 Å². The van der Waals surface area contributed by atoms with Crippen molar-refractivity contribution in [2.45, 2.75) is 70.4 Å². The highest BCUT2D eigenvalue weighted by Gasteiger charge is 2.26. The van der Waals surface area contributed by atoms with Gasteiger partial charge in [0.25, 0.3) is 5.91 Å². The van der Waals surface area contributed by atoms with Crippen molar-refractivity contribution in [3.8, 4) is 5.69 Å². The van der Waals surface area contributed by atoms with Crippen LogP contribution in [0.25, 0.3) is 16.7 Å². The van der Waals surface area contributed by atoms with Gasteiger partial charge in [-0.1, -0.05) is 30.2 Å². The number of benzene rings is 1. The van der Waals surface area contributed by atoms with Gasteiger partial charge in [-0.15, -0.1) is 0 Å². The zero-order valence-electron chi connectivity index (χ0n) is 21.6. The molecule has 2 aliphatic rings. The van der Waals surface area contributed by atoms with Crippen molar-refractivity contribution in [1.29, 1.82) is 0 Å². The fourth-order valence-corrected chi connectivity index (χ4v) is 6.02. The minimum atomic E-state index is -0.128. The summed E-state index contributed by atoms with van der Waals surface area (Å²) in [6.07, 6.45) is 10.7. The van der Waals surface area contributed by atoms with E-state index in [0.717, 1.165) is 48.1 Å². The number of aromatic nitrogens is 4. The molecular weight excluding hydrogens is 498 g/mol. The van der Waals surface area contributed by atoms with Crippen LogP contribution in [0.3, 0.4) is 0 Å². The summed E-state index contributed by atoms with van der Waals surface area (Å²) in [5, 5.41) is 3.62. The minimum Gasteiger partial charge on any atom is -0.349 e. The zero-order valence-corrected chi connectivity index (χ0v) is 22.3. The smallest absolute Gasteiger partial charge is 0.333 e. The molecule has 7 nitrogen and oxygen atoms in total. The number of hydrogen-bond donors (Lipinski definition) is 1. The Hall–Kier alpha value is -3.45. The van der Waals surface area contributed by atoms with E-state index in [1.165, 1.54) is 19.3 Å². The molecule has 3 aromatic heterocycles. The molecule has 196 valence electrons. The van der Waals surface area contributed by atoms with Gasteiger partial charge in [0.1, 0.15) is 0 Å². The van der Waals surface area contributed by atoms with Crippen LogP contribution in [0.5, 0.6) is 0 Å². The third-order valence-corrected chi connectivity index (χ3v) is 8.52. The summed E-state index contributed by atoms with van der Waals surface area (Å²) in [7, 11) is 0. The Morgan fingerprint density at radius 1 is 1.00 bits per heavy atom. The number of halogens is 1. The van der Waals surface area contributed by atoms with E-state index in [1.807, 2.05) is 48.0 Å². The second-order valence-electron chi connectivity index (χ2n) is 10.8. The normalized spacial score (nSPS) is 19.8. The van der Waals surface area contributed by atoms with Crippen LogP contribution in [-0.4, -0.2) is 31.1 Å². The number of fused-ring (bicyclic) bond motifs is 1. The third kappa shape index (κ3) is 4.75. The lowest BCUT2D eigenvalue weighted by Gasteiger charge is -2.29. The predicted octanol–water partition coefficient (Wildman–Crippen LogP) is 5.80. The maximum absolute atomic E-state index is 13.7. The molecule has 6 rings (SSSR count). The molecule has 0 unspecified atom stereocenters. The van der Waals surface area contributed by atoms with Crippen LogP contribution in [-0.2, 0) is 6.54 Å². The van der Waals surface area contributed by atoms with Crippen LogP contribution in [0, 0.1) is 12.8 Å². The van der Waals surface area contributed by atoms with Gasteiger partial charge in [0, 0.05) is 30.4 Å².